The third kappa shape index (κ3) is 9.65. The molecule has 0 aromatic rings. The van der Waals surface area contributed by atoms with Crippen LogP contribution in [0.2, 0.25) is 0 Å². The van der Waals surface area contributed by atoms with Gasteiger partial charge >= 0.3 is 5.97 Å². The van der Waals surface area contributed by atoms with Crippen LogP contribution >= 0.6 is 11.8 Å². The molecule has 0 saturated carbocycles. The molecule has 1 aliphatic rings. The number of hydrogen-bond acceptors (Lipinski definition) is 9. The number of aliphatic hydroxyl groups is 1. The first kappa shape index (κ1) is 28.0. The molecule has 1 rings (SSSR count). The van der Waals surface area contributed by atoms with Crippen LogP contribution in [0.3, 0.4) is 0 Å². The van der Waals surface area contributed by atoms with Gasteiger partial charge in [0.25, 0.3) is 5.97 Å². The van der Waals surface area contributed by atoms with Crippen LogP contribution in [0.1, 0.15) is 33.6 Å². The van der Waals surface area contributed by atoms with Gasteiger partial charge in [-0.3, -0.25) is 14.4 Å². The average molecular weight is 477 g/mol. The van der Waals surface area contributed by atoms with E-state index in [9.17, 15) is 24.3 Å². The van der Waals surface area contributed by atoms with Gasteiger partial charge in [-0.2, -0.15) is 0 Å². The van der Waals surface area contributed by atoms with Gasteiger partial charge in [0.2, 0.25) is 16.9 Å². The van der Waals surface area contributed by atoms with Gasteiger partial charge in [0.05, 0.1) is 19.1 Å². The molecule has 2 unspecified atom stereocenters. The van der Waals surface area contributed by atoms with Crippen LogP contribution in [0.5, 0.6) is 0 Å². The Morgan fingerprint density at radius 2 is 1.91 bits per heavy atom. The van der Waals surface area contributed by atoms with E-state index in [-0.39, 0.29) is 44.2 Å². The molecule has 3 atom stereocenters. The smallest absolute Gasteiger partial charge is 0.328 e. The summed E-state index contributed by atoms with van der Waals surface area (Å²) in [7, 11) is 1.37. The number of ether oxygens (including phenoxy) is 3. The highest BCUT2D eigenvalue weighted by molar-refractivity contribution is 8.14. The predicted molar refractivity (Wildman–Crippen MR) is 116 cm³/mol. The molecular weight excluding hydrogens is 444 g/mol. The summed E-state index contributed by atoms with van der Waals surface area (Å²) in [5, 5.41) is 23.0. The molecule has 1 saturated heterocycles. The maximum Gasteiger partial charge on any atom is 0.328 e. The van der Waals surface area contributed by atoms with Crippen molar-refractivity contribution in [3.05, 3.63) is 12.2 Å². The molecule has 1 heterocycles. The van der Waals surface area contributed by atoms with E-state index < -0.39 is 40.6 Å². The lowest BCUT2D eigenvalue weighted by Gasteiger charge is -2.46. The number of carbonyl (C=O) groups is 4. The minimum absolute atomic E-state index is 0.0238. The number of carboxylic acid groups (broad SMARTS) is 1. The van der Waals surface area contributed by atoms with Crippen molar-refractivity contribution < 1.29 is 43.6 Å². The van der Waals surface area contributed by atoms with Crippen molar-refractivity contribution >= 4 is 34.7 Å². The summed E-state index contributed by atoms with van der Waals surface area (Å²) in [4.78, 5) is 46.3. The second-order valence-electron chi connectivity index (χ2n) is 7.95. The topological polar surface area (TPSA) is 160 Å². The van der Waals surface area contributed by atoms with Gasteiger partial charge in [-0.05, 0) is 13.0 Å². The van der Waals surface area contributed by atoms with Crippen molar-refractivity contribution in [1.82, 2.24) is 10.6 Å². The van der Waals surface area contributed by atoms with Crippen LogP contribution in [0.4, 0.5) is 0 Å². The zero-order chi connectivity index (χ0) is 24.4. The van der Waals surface area contributed by atoms with E-state index in [1.165, 1.54) is 7.11 Å². The highest BCUT2D eigenvalue weighted by Crippen LogP contribution is 2.38. The van der Waals surface area contributed by atoms with Gasteiger partial charge in [0.15, 0.2) is 0 Å². The molecular formula is C20H32N2O9S. The lowest BCUT2D eigenvalue weighted by atomic mass is 9.85. The number of nitrogens with one attached hydrogen (secondary N) is 2. The Hall–Kier alpha value is -1.99. The van der Waals surface area contributed by atoms with Crippen LogP contribution in [0, 0.1) is 5.41 Å². The molecule has 0 aliphatic carbocycles. The fourth-order valence-corrected chi connectivity index (χ4v) is 3.39. The number of aliphatic carboxylic acids is 1. The summed E-state index contributed by atoms with van der Waals surface area (Å²) in [5.41, 5.74) is -0.661. The molecule has 11 nitrogen and oxygen atoms in total. The van der Waals surface area contributed by atoms with Crippen LogP contribution < -0.4 is 10.6 Å². The van der Waals surface area contributed by atoms with Crippen molar-refractivity contribution in [3.63, 3.8) is 0 Å². The molecule has 182 valence electrons. The van der Waals surface area contributed by atoms with Crippen LogP contribution in [0.25, 0.3) is 0 Å². The van der Waals surface area contributed by atoms with E-state index in [0.717, 1.165) is 23.9 Å². The van der Waals surface area contributed by atoms with Gasteiger partial charge in [-0.1, -0.05) is 25.6 Å². The number of amides is 2. The molecule has 1 aliphatic heterocycles. The summed E-state index contributed by atoms with van der Waals surface area (Å²) >= 11 is 0.882. The molecule has 12 heteroatoms. The number of carbonyl (C=O) groups excluding carboxylic acids is 3. The van der Waals surface area contributed by atoms with E-state index in [2.05, 4.69) is 10.6 Å². The maximum atomic E-state index is 12.7. The molecule has 32 heavy (non-hydrogen) atoms. The second kappa shape index (κ2) is 12.9. The Morgan fingerprint density at radius 1 is 1.22 bits per heavy atom. The fraction of sp³-hybridized carbons (Fsp3) is 0.700. The zero-order valence-corrected chi connectivity index (χ0v) is 19.5. The van der Waals surface area contributed by atoms with Crippen molar-refractivity contribution in [1.29, 1.82) is 0 Å². The lowest BCUT2D eigenvalue weighted by molar-refractivity contribution is -0.429. The first-order chi connectivity index (χ1) is 14.9. The number of thioether (sulfide) groups is 1. The Balaban J connectivity index is 2.42. The van der Waals surface area contributed by atoms with Gasteiger partial charge in [0.1, 0.15) is 6.10 Å². The predicted octanol–water partition coefficient (Wildman–Crippen LogP) is 0.0222. The highest BCUT2D eigenvalue weighted by atomic mass is 32.2. The number of aliphatic hydroxyl groups excluding tert-OH is 1. The first-order valence-electron chi connectivity index (χ1n) is 10.1. The lowest BCUT2D eigenvalue weighted by Crippen LogP contribution is -2.59. The monoisotopic (exact) mass is 476 g/mol. The Morgan fingerprint density at radius 3 is 2.50 bits per heavy atom. The first-order valence-corrected chi connectivity index (χ1v) is 11.1. The molecule has 1 fully saturated rings. The Labute approximate surface area is 191 Å². The number of rotatable bonds is 12. The molecule has 0 aromatic carbocycles. The zero-order valence-electron chi connectivity index (χ0n) is 18.7. The normalized spacial score (nSPS) is 23.5. The van der Waals surface area contributed by atoms with E-state index in [1.807, 2.05) is 0 Å². The number of carboxylic acids is 1. The van der Waals surface area contributed by atoms with Gasteiger partial charge in [-0.15, -0.1) is 0 Å². The quantitative estimate of drug-likeness (QED) is 0.223. The van der Waals surface area contributed by atoms with Gasteiger partial charge < -0.3 is 35.1 Å². The molecule has 0 radical (unpaired) electrons. The Kier molecular flexibility index (Phi) is 11.3. The fourth-order valence-electron chi connectivity index (χ4n) is 2.82. The summed E-state index contributed by atoms with van der Waals surface area (Å²) in [5.74, 6) is -3.19. The van der Waals surface area contributed by atoms with Crippen molar-refractivity contribution in [2.75, 3.05) is 32.6 Å². The maximum absolute atomic E-state index is 12.7. The summed E-state index contributed by atoms with van der Waals surface area (Å²) in [6.45, 7) is 5.63. The summed E-state index contributed by atoms with van der Waals surface area (Å²) < 4.78 is 16.8. The largest absolute Gasteiger partial charge is 0.478 e. The third-order valence-corrected chi connectivity index (χ3v) is 5.28. The summed E-state index contributed by atoms with van der Waals surface area (Å²) in [6, 6.07) is 0. The SMILES string of the molecule is COC1(CC(C)O)OCC(C)(C)[C@H](C(=O)NCCC(=O)NCCSC(=O)/C=C/C(=O)O)O1. The molecule has 0 spiro atoms. The standard InChI is InChI=1S/C20H32N2O9S/c1-13(23)11-20(29-4)30-12-19(2,3)17(31-20)18(28)22-8-7-14(24)21-9-10-32-16(27)6-5-15(25)26/h5-6,13,17,23H,7-12H2,1-4H3,(H,21,24)(H,22,28)(H,25,26)/b6-5+/t13?,17-,20?/m0/s1. The van der Waals surface area contributed by atoms with Crippen molar-refractivity contribution in [2.24, 2.45) is 5.41 Å². The second-order valence-corrected chi connectivity index (χ2v) is 9.04. The molecule has 2 amide bonds. The van der Waals surface area contributed by atoms with E-state index in [0.29, 0.717) is 0 Å². The average Bonchev–Trinajstić information content (AvgIpc) is 2.70. The van der Waals surface area contributed by atoms with E-state index >= 15 is 0 Å². The minimum atomic E-state index is -1.53. The molecule has 0 bridgehead atoms. The van der Waals surface area contributed by atoms with Crippen LogP contribution in [0.15, 0.2) is 12.2 Å². The van der Waals surface area contributed by atoms with Crippen molar-refractivity contribution in [2.45, 2.75) is 51.8 Å². The Bertz CT molecular complexity index is 711. The molecule has 4 N–H and O–H groups in total. The summed E-state index contributed by atoms with van der Waals surface area (Å²) in [6.07, 6.45) is 0.0589. The van der Waals surface area contributed by atoms with E-state index in [4.69, 9.17) is 19.3 Å². The van der Waals surface area contributed by atoms with Gasteiger partial charge in [-0.25, -0.2) is 4.79 Å². The minimum Gasteiger partial charge on any atom is -0.478 e. The van der Waals surface area contributed by atoms with E-state index in [1.54, 1.807) is 20.8 Å². The number of methoxy groups -OCH3 is 1. The molecule has 0 aromatic heterocycles. The van der Waals surface area contributed by atoms with Crippen LogP contribution in [-0.2, 0) is 33.4 Å². The van der Waals surface area contributed by atoms with Crippen molar-refractivity contribution in [3.8, 4) is 0 Å². The van der Waals surface area contributed by atoms with Crippen LogP contribution in [-0.4, -0.2) is 83.9 Å². The van der Waals surface area contributed by atoms with Gasteiger partial charge in [0, 0.05) is 43.9 Å². The number of hydrogen-bond donors (Lipinski definition) is 4. The highest BCUT2D eigenvalue weighted by Gasteiger charge is 2.50. The third-order valence-electron chi connectivity index (χ3n) is 4.45.